The molecule has 0 radical (unpaired) electrons. The molecule has 0 unspecified atom stereocenters. The average molecular weight is 399 g/mol. The maximum absolute atomic E-state index is 9.44. The summed E-state index contributed by atoms with van der Waals surface area (Å²) in [5.41, 5.74) is 7.61. The monoisotopic (exact) mass is 399 g/mol. The van der Waals surface area contributed by atoms with E-state index >= 15 is 0 Å². The fourth-order valence-corrected chi connectivity index (χ4v) is 3.96. The van der Waals surface area contributed by atoms with Gasteiger partial charge in [0.25, 0.3) is 0 Å². The Hall–Kier alpha value is -2.56. The van der Waals surface area contributed by atoms with Crippen LogP contribution in [0.3, 0.4) is 0 Å². The van der Waals surface area contributed by atoms with E-state index in [4.69, 9.17) is 0 Å². The molecule has 0 spiro atoms. The first kappa shape index (κ1) is 20.7. The van der Waals surface area contributed by atoms with Crippen LogP contribution < -0.4 is 5.46 Å². The van der Waals surface area contributed by atoms with Crippen LogP contribution in [0.1, 0.15) is 52.7 Å². The summed E-state index contributed by atoms with van der Waals surface area (Å²) in [6, 6.07) is 18.7. The van der Waals surface area contributed by atoms with E-state index in [1.807, 2.05) is 12.1 Å². The highest BCUT2D eigenvalue weighted by Crippen LogP contribution is 2.38. The molecule has 4 aromatic rings. The Morgan fingerprint density at radius 1 is 0.700 bits per heavy atom. The fourth-order valence-electron chi connectivity index (χ4n) is 3.96. The number of fused-ring (bicyclic) bond motifs is 3. The van der Waals surface area contributed by atoms with Gasteiger partial charge in [-0.3, -0.25) is 0 Å². The van der Waals surface area contributed by atoms with E-state index in [1.165, 1.54) is 21.9 Å². The summed E-state index contributed by atoms with van der Waals surface area (Å²) in [7, 11) is -1.45. The highest BCUT2D eigenvalue weighted by Gasteiger charge is 2.21. The summed E-state index contributed by atoms with van der Waals surface area (Å²) in [5, 5.41) is 21.4. The summed E-state index contributed by atoms with van der Waals surface area (Å²) in [6.45, 7) is 13.4. The number of H-pyrrole nitrogens is 1. The number of nitrogens with one attached hydrogen (secondary N) is 1. The molecule has 0 aliphatic heterocycles. The second kappa shape index (κ2) is 7.00. The quantitative estimate of drug-likeness (QED) is 0.403. The van der Waals surface area contributed by atoms with E-state index < -0.39 is 7.12 Å². The predicted molar refractivity (Wildman–Crippen MR) is 128 cm³/mol. The molecular formula is C26H30BNO2. The second-order valence-corrected chi connectivity index (χ2v) is 10.3. The number of rotatable bonds is 2. The zero-order valence-electron chi connectivity index (χ0n) is 18.7. The van der Waals surface area contributed by atoms with E-state index in [2.05, 4.69) is 76.9 Å². The molecule has 3 aromatic carbocycles. The third kappa shape index (κ3) is 3.66. The summed E-state index contributed by atoms with van der Waals surface area (Å²) >= 11 is 0. The van der Waals surface area contributed by atoms with Crippen molar-refractivity contribution in [3.8, 4) is 11.1 Å². The molecule has 1 aromatic heterocycles. The Morgan fingerprint density at radius 2 is 1.30 bits per heavy atom. The normalized spacial score (nSPS) is 12.7. The molecule has 0 fully saturated rings. The summed E-state index contributed by atoms with van der Waals surface area (Å²) in [6.07, 6.45) is 0. The molecule has 154 valence electrons. The van der Waals surface area contributed by atoms with Gasteiger partial charge < -0.3 is 15.0 Å². The Balaban J connectivity index is 2.03. The van der Waals surface area contributed by atoms with Crippen LogP contribution in [0.2, 0.25) is 0 Å². The van der Waals surface area contributed by atoms with Crippen LogP contribution in [0.5, 0.6) is 0 Å². The molecule has 0 bridgehead atoms. The van der Waals surface area contributed by atoms with E-state index in [0.29, 0.717) is 5.46 Å². The predicted octanol–water partition coefficient (Wildman–Crippen LogP) is 5.26. The lowest BCUT2D eigenvalue weighted by molar-refractivity contribution is 0.426. The Morgan fingerprint density at radius 3 is 1.87 bits per heavy atom. The van der Waals surface area contributed by atoms with E-state index in [0.717, 1.165) is 22.2 Å². The van der Waals surface area contributed by atoms with Gasteiger partial charge in [0.1, 0.15) is 0 Å². The molecule has 0 saturated carbocycles. The van der Waals surface area contributed by atoms with Crippen LogP contribution in [0.25, 0.3) is 32.9 Å². The Bertz CT molecular complexity index is 1220. The first-order chi connectivity index (χ1) is 13.9. The summed E-state index contributed by atoms with van der Waals surface area (Å²) in [5.74, 6) is 0. The van der Waals surface area contributed by atoms with Gasteiger partial charge in [0, 0.05) is 21.9 Å². The largest absolute Gasteiger partial charge is 0.488 e. The molecule has 4 rings (SSSR count). The standard InChI is InChI=1S/C26H30BNO2/c1-25(2,3)17-9-12-23-21(13-17)22-15-18(26(4,5)6)14-20(24(22)28-23)16-7-10-19(11-8-16)27(29)30/h7-15,28-30H,1-6H3. The second-order valence-electron chi connectivity index (χ2n) is 10.3. The molecule has 3 N–H and O–H groups in total. The van der Waals surface area contributed by atoms with Gasteiger partial charge >= 0.3 is 7.12 Å². The van der Waals surface area contributed by atoms with E-state index in [-0.39, 0.29) is 10.8 Å². The molecule has 0 saturated heterocycles. The average Bonchev–Trinajstić information content (AvgIpc) is 3.04. The van der Waals surface area contributed by atoms with Crippen LogP contribution in [-0.2, 0) is 10.8 Å². The van der Waals surface area contributed by atoms with E-state index in [9.17, 15) is 10.0 Å². The van der Waals surface area contributed by atoms with Gasteiger partial charge in [-0.1, -0.05) is 71.9 Å². The zero-order chi connectivity index (χ0) is 21.8. The third-order valence-electron chi connectivity index (χ3n) is 5.96. The number of aromatic amines is 1. The van der Waals surface area contributed by atoms with Crippen molar-refractivity contribution in [3.63, 3.8) is 0 Å². The molecule has 3 nitrogen and oxygen atoms in total. The van der Waals surface area contributed by atoms with Crippen molar-refractivity contribution in [3.05, 3.63) is 65.7 Å². The number of aromatic nitrogens is 1. The van der Waals surface area contributed by atoms with Crippen molar-refractivity contribution >= 4 is 34.4 Å². The lowest BCUT2D eigenvalue weighted by Crippen LogP contribution is -2.29. The van der Waals surface area contributed by atoms with Gasteiger partial charge in [-0.2, -0.15) is 0 Å². The van der Waals surface area contributed by atoms with Gasteiger partial charge in [-0.15, -0.1) is 0 Å². The van der Waals surface area contributed by atoms with Crippen LogP contribution in [-0.4, -0.2) is 22.2 Å². The highest BCUT2D eigenvalue weighted by molar-refractivity contribution is 6.58. The Labute approximate surface area is 178 Å². The number of hydrogen-bond acceptors (Lipinski definition) is 2. The van der Waals surface area contributed by atoms with Crippen molar-refractivity contribution in [2.75, 3.05) is 0 Å². The molecule has 1 heterocycles. The summed E-state index contributed by atoms with van der Waals surface area (Å²) < 4.78 is 0. The van der Waals surface area contributed by atoms with Crippen molar-refractivity contribution < 1.29 is 10.0 Å². The molecule has 0 aliphatic carbocycles. The maximum Gasteiger partial charge on any atom is 0.488 e. The Kier molecular flexibility index (Phi) is 4.83. The van der Waals surface area contributed by atoms with Crippen LogP contribution in [0.15, 0.2) is 54.6 Å². The first-order valence-corrected chi connectivity index (χ1v) is 10.5. The number of hydrogen-bond donors (Lipinski definition) is 3. The van der Waals surface area contributed by atoms with Crippen LogP contribution in [0.4, 0.5) is 0 Å². The van der Waals surface area contributed by atoms with Crippen molar-refractivity contribution in [2.24, 2.45) is 0 Å². The SMILES string of the molecule is CC(C)(C)c1ccc2[nH]c3c(-c4ccc(B(O)O)cc4)cc(C(C)(C)C)cc3c2c1. The van der Waals surface area contributed by atoms with Gasteiger partial charge in [0.15, 0.2) is 0 Å². The molecule has 0 amide bonds. The molecule has 0 atom stereocenters. The van der Waals surface area contributed by atoms with E-state index in [1.54, 1.807) is 12.1 Å². The lowest BCUT2D eigenvalue weighted by Gasteiger charge is -2.21. The first-order valence-electron chi connectivity index (χ1n) is 10.5. The van der Waals surface area contributed by atoms with Crippen molar-refractivity contribution in [2.45, 2.75) is 52.4 Å². The topological polar surface area (TPSA) is 56.2 Å². The minimum absolute atomic E-state index is 0.00933. The van der Waals surface area contributed by atoms with Crippen LogP contribution in [0, 0.1) is 0 Å². The summed E-state index contributed by atoms with van der Waals surface area (Å²) in [4.78, 5) is 3.64. The van der Waals surface area contributed by atoms with Crippen molar-refractivity contribution in [1.29, 1.82) is 0 Å². The lowest BCUT2D eigenvalue weighted by atomic mass is 9.79. The minimum atomic E-state index is -1.45. The molecule has 0 aliphatic rings. The van der Waals surface area contributed by atoms with Crippen molar-refractivity contribution in [1.82, 2.24) is 4.98 Å². The highest BCUT2D eigenvalue weighted by atomic mass is 16.4. The fraction of sp³-hybridized carbons (Fsp3) is 0.308. The van der Waals surface area contributed by atoms with Gasteiger partial charge in [-0.05, 0) is 57.2 Å². The van der Waals surface area contributed by atoms with Crippen LogP contribution >= 0.6 is 0 Å². The zero-order valence-corrected chi connectivity index (χ0v) is 18.7. The van der Waals surface area contributed by atoms with Gasteiger partial charge in [0.2, 0.25) is 0 Å². The molecule has 30 heavy (non-hydrogen) atoms. The number of benzene rings is 3. The third-order valence-corrected chi connectivity index (χ3v) is 5.96. The van der Waals surface area contributed by atoms with Gasteiger partial charge in [-0.25, -0.2) is 0 Å². The maximum atomic E-state index is 9.44. The molecular weight excluding hydrogens is 369 g/mol. The smallest absolute Gasteiger partial charge is 0.423 e. The minimum Gasteiger partial charge on any atom is -0.423 e. The molecule has 4 heteroatoms. The van der Waals surface area contributed by atoms with Gasteiger partial charge in [0.05, 0.1) is 5.52 Å².